The SMILES string of the molecule is C[C@H](NC(=O)c1ccc2c(c1)nc(NC(=O)c1ccc(C(F)F)s1)n2C[C@H]1CCCN1C(=O)/C(C#N)=C/C(C)(C)C)C(C)(C)C. The number of imidazole rings is 1. The van der Waals surface area contributed by atoms with Gasteiger partial charge < -0.3 is 14.8 Å². The van der Waals surface area contributed by atoms with Crippen LogP contribution in [0.25, 0.3) is 11.0 Å². The topological polar surface area (TPSA) is 120 Å². The molecule has 0 spiro atoms. The summed E-state index contributed by atoms with van der Waals surface area (Å²) in [6.07, 6.45) is 0.384. The molecule has 4 rings (SSSR count). The molecule has 9 nitrogen and oxygen atoms in total. The predicted octanol–water partition coefficient (Wildman–Crippen LogP) is 6.94. The summed E-state index contributed by atoms with van der Waals surface area (Å²) in [6, 6.07) is 9.28. The molecule has 0 unspecified atom stereocenters. The Labute approximate surface area is 266 Å². The number of rotatable bonds is 8. The fourth-order valence-electron chi connectivity index (χ4n) is 5.04. The highest BCUT2D eigenvalue weighted by molar-refractivity contribution is 7.14. The van der Waals surface area contributed by atoms with Gasteiger partial charge in [0.05, 0.1) is 26.8 Å². The number of alkyl halides is 2. The Morgan fingerprint density at radius 1 is 1.13 bits per heavy atom. The Bertz CT molecular complexity index is 1670. The van der Waals surface area contributed by atoms with Crippen molar-refractivity contribution in [3.05, 3.63) is 57.3 Å². The minimum atomic E-state index is -2.69. The second-order valence-corrected chi connectivity index (χ2v) is 14.7. The number of anilines is 1. The van der Waals surface area contributed by atoms with Crippen LogP contribution in [0.3, 0.4) is 0 Å². The highest BCUT2D eigenvalue weighted by Gasteiger charge is 2.33. The number of benzene rings is 1. The van der Waals surface area contributed by atoms with Crippen LogP contribution in [0.2, 0.25) is 0 Å². The minimum Gasteiger partial charge on any atom is -0.349 e. The normalized spacial score (nSPS) is 16.6. The lowest BCUT2D eigenvalue weighted by molar-refractivity contribution is -0.127. The second kappa shape index (κ2) is 13.1. The van der Waals surface area contributed by atoms with E-state index in [-0.39, 0.29) is 62.5 Å². The number of likely N-dealkylation sites (tertiary alicyclic amines) is 1. The molecule has 240 valence electrons. The smallest absolute Gasteiger partial charge is 0.272 e. The minimum absolute atomic E-state index is 0.0751. The largest absolute Gasteiger partial charge is 0.349 e. The molecule has 0 bridgehead atoms. The molecule has 3 amide bonds. The van der Waals surface area contributed by atoms with Crippen LogP contribution in [0.15, 0.2) is 42.0 Å². The van der Waals surface area contributed by atoms with Crippen LogP contribution in [0.4, 0.5) is 14.7 Å². The van der Waals surface area contributed by atoms with Gasteiger partial charge in [0, 0.05) is 24.7 Å². The molecule has 12 heteroatoms. The molecular weight excluding hydrogens is 598 g/mol. The van der Waals surface area contributed by atoms with Gasteiger partial charge in [-0.05, 0) is 60.9 Å². The van der Waals surface area contributed by atoms with Crippen LogP contribution in [0, 0.1) is 22.2 Å². The summed E-state index contributed by atoms with van der Waals surface area (Å²) in [5.74, 6) is -1.05. The first-order chi connectivity index (χ1) is 21.0. The number of carbonyl (C=O) groups excluding carboxylic acids is 3. The molecule has 1 aliphatic heterocycles. The van der Waals surface area contributed by atoms with E-state index >= 15 is 0 Å². The number of carbonyl (C=O) groups is 3. The number of fused-ring (bicyclic) bond motifs is 1. The number of hydrogen-bond donors (Lipinski definition) is 2. The number of nitrogens with zero attached hydrogens (tertiary/aromatic N) is 4. The van der Waals surface area contributed by atoms with Crippen molar-refractivity contribution >= 4 is 46.0 Å². The van der Waals surface area contributed by atoms with Crippen molar-refractivity contribution in [2.45, 2.75) is 86.4 Å². The highest BCUT2D eigenvalue weighted by Crippen LogP contribution is 2.30. The summed E-state index contributed by atoms with van der Waals surface area (Å²) in [7, 11) is 0. The van der Waals surface area contributed by atoms with Gasteiger partial charge in [-0.1, -0.05) is 47.6 Å². The maximum atomic E-state index is 13.5. The first-order valence-electron chi connectivity index (χ1n) is 14.9. The van der Waals surface area contributed by atoms with E-state index < -0.39 is 12.3 Å². The zero-order valence-corrected chi connectivity index (χ0v) is 27.5. The lowest BCUT2D eigenvalue weighted by Gasteiger charge is -2.28. The van der Waals surface area contributed by atoms with Crippen molar-refractivity contribution in [1.29, 1.82) is 5.26 Å². The van der Waals surface area contributed by atoms with Crippen molar-refractivity contribution in [2.24, 2.45) is 10.8 Å². The Kier molecular flexibility index (Phi) is 9.82. The zero-order chi connectivity index (χ0) is 33.3. The van der Waals surface area contributed by atoms with Gasteiger partial charge >= 0.3 is 0 Å². The van der Waals surface area contributed by atoms with Crippen molar-refractivity contribution in [3.63, 3.8) is 0 Å². The van der Waals surface area contributed by atoms with Gasteiger partial charge in [-0.2, -0.15) is 5.26 Å². The average Bonchev–Trinajstić information content (AvgIpc) is 3.70. The van der Waals surface area contributed by atoms with E-state index in [0.29, 0.717) is 40.9 Å². The number of nitriles is 1. The maximum absolute atomic E-state index is 13.5. The van der Waals surface area contributed by atoms with Gasteiger partial charge in [0.2, 0.25) is 5.95 Å². The van der Waals surface area contributed by atoms with E-state index in [2.05, 4.69) is 21.7 Å². The van der Waals surface area contributed by atoms with E-state index in [4.69, 9.17) is 0 Å². The lowest BCUT2D eigenvalue weighted by Crippen LogP contribution is -2.41. The number of amides is 3. The molecule has 3 aromatic rings. The van der Waals surface area contributed by atoms with Gasteiger partial charge in [-0.25, -0.2) is 13.8 Å². The molecule has 1 saturated heterocycles. The number of hydrogen-bond acceptors (Lipinski definition) is 6. The molecule has 3 heterocycles. The molecular formula is C33H40F2N6O3S. The van der Waals surface area contributed by atoms with Crippen molar-refractivity contribution in [3.8, 4) is 6.07 Å². The number of nitrogens with one attached hydrogen (secondary N) is 2. The summed E-state index contributed by atoms with van der Waals surface area (Å²) in [5.41, 5.74) is 1.02. The molecule has 1 aromatic carbocycles. The van der Waals surface area contributed by atoms with E-state index in [0.717, 1.165) is 6.42 Å². The van der Waals surface area contributed by atoms with Crippen molar-refractivity contribution in [1.82, 2.24) is 19.8 Å². The molecule has 2 aromatic heterocycles. The average molecular weight is 639 g/mol. The fraction of sp³-hybridized carbons (Fsp3) is 0.485. The van der Waals surface area contributed by atoms with E-state index in [1.165, 1.54) is 12.1 Å². The van der Waals surface area contributed by atoms with E-state index in [1.807, 2.05) is 48.5 Å². The highest BCUT2D eigenvalue weighted by atomic mass is 32.1. The molecule has 0 saturated carbocycles. The van der Waals surface area contributed by atoms with Crippen LogP contribution >= 0.6 is 11.3 Å². The third-order valence-electron chi connectivity index (χ3n) is 7.91. The summed E-state index contributed by atoms with van der Waals surface area (Å²) in [6.45, 7) is 14.5. The third kappa shape index (κ3) is 7.95. The van der Waals surface area contributed by atoms with Crippen LogP contribution in [0.5, 0.6) is 0 Å². The van der Waals surface area contributed by atoms with Crippen molar-refractivity contribution in [2.75, 3.05) is 11.9 Å². The number of halogens is 2. The molecule has 1 fully saturated rings. The summed E-state index contributed by atoms with van der Waals surface area (Å²) in [5, 5.41) is 15.5. The first kappa shape index (κ1) is 33.8. The van der Waals surface area contributed by atoms with Crippen LogP contribution in [-0.4, -0.2) is 50.8 Å². The van der Waals surface area contributed by atoms with Gasteiger partial charge in [0.15, 0.2) is 0 Å². The van der Waals surface area contributed by atoms with Crippen LogP contribution in [-0.2, 0) is 11.3 Å². The zero-order valence-electron chi connectivity index (χ0n) is 26.7. The van der Waals surface area contributed by atoms with Gasteiger partial charge in [0.25, 0.3) is 24.1 Å². The molecule has 45 heavy (non-hydrogen) atoms. The maximum Gasteiger partial charge on any atom is 0.272 e. The molecule has 1 aliphatic rings. The quantitative estimate of drug-likeness (QED) is 0.205. The van der Waals surface area contributed by atoms with Gasteiger partial charge in [-0.15, -0.1) is 11.3 Å². The molecule has 0 radical (unpaired) electrons. The molecule has 0 aliphatic carbocycles. The van der Waals surface area contributed by atoms with Gasteiger partial charge in [0.1, 0.15) is 11.6 Å². The van der Waals surface area contributed by atoms with Crippen LogP contribution in [0.1, 0.15) is 92.6 Å². The Morgan fingerprint density at radius 3 is 2.44 bits per heavy atom. The second-order valence-electron chi connectivity index (χ2n) is 13.6. The Morgan fingerprint density at radius 2 is 1.84 bits per heavy atom. The summed E-state index contributed by atoms with van der Waals surface area (Å²) in [4.78, 5) is 45.9. The monoisotopic (exact) mass is 638 g/mol. The number of aromatic nitrogens is 2. The molecule has 2 atom stereocenters. The fourth-order valence-corrected chi connectivity index (χ4v) is 5.80. The summed E-state index contributed by atoms with van der Waals surface area (Å²) >= 11 is 0.700. The van der Waals surface area contributed by atoms with Crippen LogP contribution < -0.4 is 10.6 Å². The standard InChI is InChI=1S/C33H40F2N6O3S/c1-19(33(5,6)7)37-28(42)20-10-11-24-23(15-20)38-31(39-29(43)26-13-12-25(45-26)27(34)35)41(24)18-22-9-8-14-40(22)30(44)21(17-36)16-32(2,3)4/h10-13,15-16,19,22,27H,8-9,14,18H2,1-7H3,(H,37,42)(H,38,39,43)/b21-16+/t19-,22+/m0/s1. The first-order valence-corrected chi connectivity index (χ1v) is 15.7. The molecule has 2 N–H and O–H groups in total. The number of thiophene rings is 1. The van der Waals surface area contributed by atoms with E-state index in [9.17, 15) is 28.4 Å². The van der Waals surface area contributed by atoms with Gasteiger partial charge in [-0.3, -0.25) is 19.7 Å². The van der Waals surface area contributed by atoms with E-state index in [1.54, 1.807) is 33.7 Å². The Balaban J connectivity index is 1.70. The third-order valence-corrected chi connectivity index (χ3v) is 9.00. The predicted molar refractivity (Wildman–Crippen MR) is 171 cm³/mol. The van der Waals surface area contributed by atoms with Crippen molar-refractivity contribution < 1.29 is 23.2 Å². The lowest BCUT2D eigenvalue weighted by atomic mass is 9.88. The Hall–Kier alpha value is -4.11. The summed E-state index contributed by atoms with van der Waals surface area (Å²) < 4.78 is 28.2. The number of allylic oxidation sites excluding steroid dienone is 1.